The van der Waals surface area contributed by atoms with E-state index in [4.69, 9.17) is 14.5 Å². The van der Waals surface area contributed by atoms with E-state index in [9.17, 15) is 4.57 Å². The van der Waals surface area contributed by atoms with Crippen LogP contribution in [0.15, 0.2) is 0 Å². The summed E-state index contributed by atoms with van der Waals surface area (Å²) in [7, 11) is -4.36. The Morgan fingerprint density at radius 3 is 2.36 bits per heavy atom. The highest BCUT2D eigenvalue weighted by atomic mass is 31.2. The molecule has 1 unspecified atom stereocenters. The van der Waals surface area contributed by atoms with Crippen molar-refractivity contribution < 1.29 is 23.6 Å². The van der Waals surface area contributed by atoms with E-state index >= 15 is 0 Å². The first kappa shape index (κ1) is 10.6. The smallest absolute Gasteiger partial charge is 0.366 e. The van der Waals surface area contributed by atoms with E-state index in [2.05, 4.69) is 4.52 Å². The van der Waals surface area contributed by atoms with E-state index in [1.807, 2.05) is 6.92 Å². The van der Waals surface area contributed by atoms with Gasteiger partial charge in [-0.3, -0.25) is 4.52 Å². The molecule has 2 rings (SSSR count). The fraction of sp³-hybridized carbons (Fsp3) is 1.00. The van der Waals surface area contributed by atoms with Crippen molar-refractivity contribution in [3.05, 3.63) is 0 Å². The van der Waals surface area contributed by atoms with Crippen LogP contribution in [-0.2, 0) is 13.8 Å². The van der Waals surface area contributed by atoms with E-state index in [0.717, 1.165) is 25.7 Å². The van der Waals surface area contributed by atoms with Gasteiger partial charge in [0.05, 0.1) is 17.8 Å². The second kappa shape index (κ2) is 3.03. The van der Waals surface area contributed by atoms with Crippen LogP contribution in [0.4, 0.5) is 0 Å². The molecule has 2 N–H and O–H groups in total. The predicted molar refractivity (Wildman–Crippen MR) is 48.7 cm³/mol. The third-order valence-electron chi connectivity index (χ3n) is 2.92. The summed E-state index contributed by atoms with van der Waals surface area (Å²) in [5.41, 5.74) is -0.495. The third-order valence-corrected chi connectivity index (χ3v) is 3.38. The number of hydrogen-bond donors (Lipinski definition) is 2. The van der Waals surface area contributed by atoms with Crippen LogP contribution in [0.2, 0.25) is 0 Å². The summed E-state index contributed by atoms with van der Waals surface area (Å²) in [4.78, 5) is 17.1. The first-order valence-corrected chi connectivity index (χ1v) is 6.26. The fourth-order valence-corrected chi connectivity index (χ4v) is 2.37. The van der Waals surface area contributed by atoms with Gasteiger partial charge in [-0.15, -0.1) is 0 Å². The van der Waals surface area contributed by atoms with Crippen LogP contribution in [0.3, 0.4) is 0 Å². The molecule has 0 aromatic carbocycles. The quantitative estimate of drug-likeness (QED) is 0.701. The largest absolute Gasteiger partial charge is 0.469 e. The zero-order valence-electron chi connectivity index (χ0n) is 8.10. The maximum atomic E-state index is 10.5. The molecule has 1 saturated carbocycles. The molecule has 0 aromatic heterocycles. The van der Waals surface area contributed by atoms with Gasteiger partial charge in [-0.1, -0.05) is 0 Å². The number of hydrogen-bond acceptors (Lipinski definition) is 3. The van der Waals surface area contributed by atoms with Crippen LogP contribution in [-0.4, -0.2) is 27.6 Å². The summed E-state index contributed by atoms with van der Waals surface area (Å²) < 4.78 is 20.8. The number of rotatable bonds is 3. The van der Waals surface area contributed by atoms with Gasteiger partial charge < -0.3 is 14.5 Å². The van der Waals surface area contributed by atoms with Crippen molar-refractivity contribution in [2.45, 2.75) is 43.8 Å². The Hall–Kier alpha value is 0.0700. The fourth-order valence-electron chi connectivity index (χ4n) is 1.93. The second-order valence-corrected chi connectivity index (χ2v) is 5.74. The monoisotopic (exact) mass is 222 g/mol. The number of ether oxygens (including phenoxy) is 1. The zero-order chi connectivity index (χ0) is 10.4. The molecule has 0 amide bonds. The van der Waals surface area contributed by atoms with E-state index in [0.29, 0.717) is 0 Å². The molecule has 1 aliphatic carbocycles. The maximum Gasteiger partial charge on any atom is 0.469 e. The van der Waals surface area contributed by atoms with Crippen molar-refractivity contribution in [1.29, 1.82) is 0 Å². The normalized spacial score (nSPS) is 35.1. The molecule has 1 heterocycles. The van der Waals surface area contributed by atoms with Crippen molar-refractivity contribution in [1.82, 2.24) is 0 Å². The molecule has 82 valence electrons. The standard InChI is InChI=1S/C8H15O5P/c1-7(6-12-14(9,10)11)2-3-8(13-7)4-5-8/h2-6H2,1H3,(H2,9,10,11). The Kier molecular flexibility index (Phi) is 2.29. The first-order valence-electron chi connectivity index (χ1n) is 4.73. The van der Waals surface area contributed by atoms with Gasteiger partial charge in [0.1, 0.15) is 0 Å². The molecule has 14 heavy (non-hydrogen) atoms. The van der Waals surface area contributed by atoms with Crippen LogP contribution >= 0.6 is 7.82 Å². The van der Waals surface area contributed by atoms with Crippen LogP contribution < -0.4 is 0 Å². The average Bonchev–Trinajstić information content (AvgIpc) is 2.69. The van der Waals surface area contributed by atoms with Crippen LogP contribution in [0, 0.1) is 0 Å². The molecular weight excluding hydrogens is 207 g/mol. The molecule has 6 heteroatoms. The number of phosphoric ester groups is 1. The minimum atomic E-state index is -4.36. The van der Waals surface area contributed by atoms with Crippen molar-refractivity contribution in [2.24, 2.45) is 0 Å². The Balaban J connectivity index is 1.88. The van der Waals surface area contributed by atoms with Crippen LogP contribution in [0.5, 0.6) is 0 Å². The minimum absolute atomic E-state index is 0.0208. The maximum absolute atomic E-state index is 10.5. The molecule has 0 aromatic rings. The lowest BCUT2D eigenvalue weighted by atomic mass is 10.0. The van der Waals surface area contributed by atoms with Gasteiger partial charge in [0, 0.05) is 0 Å². The molecular formula is C8H15O5P. The van der Waals surface area contributed by atoms with Crippen molar-refractivity contribution in [3.63, 3.8) is 0 Å². The molecule has 0 bridgehead atoms. The summed E-state index contributed by atoms with van der Waals surface area (Å²) in [5.74, 6) is 0. The predicted octanol–water partition coefficient (Wildman–Crippen LogP) is 1.20. The van der Waals surface area contributed by atoms with E-state index < -0.39 is 13.4 Å². The van der Waals surface area contributed by atoms with Gasteiger partial charge in [-0.25, -0.2) is 4.57 Å². The highest BCUT2D eigenvalue weighted by Gasteiger charge is 2.54. The van der Waals surface area contributed by atoms with Crippen molar-refractivity contribution >= 4 is 7.82 Å². The topological polar surface area (TPSA) is 76.0 Å². The van der Waals surface area contributed by atoms with Gasteiger partial charge >= 0.3 is 7.82 Å². The van der Waals surface area contributed by atoms with Gasteiger partial charge in [0.15, 0.2) is 0 Å². The van der Waals surface area contributed by atoms with E-state index in [1.54, 1.807) is 0 Å². The third kappa shape index (κ3) is 2.35. The van der Waals surface area contributed by atoms with Crippen molar-refractivity contribution in [3.8, 4) is 0 Å². The van der Waals surface area contributed by atoms with E-state index in [-0.39, 0.29) is 12.2 Å². The minimum Gasteiger partial charge on any atom is -0.366 e. The summed E-state index contributed by atoms with van der Waals surface area (Å²) >= 11 is 0. The second-order valence-electron chi connectivity index (χ2n) is 4.50. The lowest BCUT2D eigenvalue weighted by Gasteiger charge is -2.24. The molecule has 2 aliphatic rings. The Bertz CT molecular complexity index is 281. The summed E-state index contributed by atoms with van der Waals surface area (Å²) in [6, 6.07) is 0. The highest BCUT2D eigenvalue weighted by molar-refractivity contribution is 7.46. The molecule has 1 atom stereocenters. The summed E-state index contributed by atoms with van der Waals surface area (Å²) in [6.07, 6.45) is 3.93. The molecule has 0 radical (unpaired) electrons. The SMILES string of the molecule is CC1(COP(=O)(O)O)CCC2(CC2)O1. The zero-order valence-corrected chi connectivity index (χ0v) is 9.00. The lowest BCUT2D eigenvalue weighted by molar-refractivity contribution is -0.0703. The molecule has 1 aliphatic heterocycles. The average molecular weight is 222 g/mol. The van der Waals surface area contributed by atoms with Crippen molar-refractivity contribution in [2.75, 3.05) is 6.61 Å². The van der Waals surface area contributed by atoms with E-state index in [1.165, 1.54) is 0 Å². The Morgan fingerprint density at radius 1 is 1.36 bits per heavy atom. The van der Waals surface area contributed by atoms with Crippen LogP contribution in [0.1, 0.15) is 32.6 Å². The van der Waals surface area contributed by atoms with Gasteiger partial charge in [0.2, 0.25) is 0 Å². The highest BCUT2D eigenvalue weighted by Crippen LogP contribution is 2.54. The molecule has 5 nitrogen and oxygen atoms in total. The Morgan fingerprint density at radius 2 is 1.93 bits per heavy atom. The van der Waals surface area contributed by atoms with Gasteiger partial charge in [-0.05, 0) is 32.6 Å². The molecule has 1 spiro atoms. The first-order chi connectivity index (χ1) is 6.33. The number of phosphoric acid groups is 1. The summed E-state index contributed by atoms with van der Waals surface area (Å²) in [5, 5.41) is 0. The van der Waals surface area contributed by atoms with Gasteiger partial charge in [-0.2, -0.15) is 0 Å². The summed E-state index contributed by atoms with van der Waals surface area (Å²) in [6.45, 7) is 1.81. The molecule has 2 fully saturated rings. The molecule has 1 saturated heterocycles. The lowest BCUT2D eigenvalue weighted by Crippen LogP contribution is -2.31. The van der Waals surface area contributed by atoms with Gasteiger partial charge in [0.25, 0.3) is 0 Å². The van der Waals surface area contributed by atoms with Crippen LogP contribution in [0.25, 0.3) is 0 Å². The Labute approximate surface area is 82.6 Å².